The molecule has 2 atom stereocenters. The molecule has 3 heterocycles. The number of carboxylic acids is 1. The first-order chi connectivity index (χ1) is 11.0. The zero-order valence-corrected chi connectivity index (χ0v) is 15.9. The molecule has 0 aliphatic carbocycles. The van der Waals surface area contributed by atoms with Gasteiger partial charge in [0.1, 0.15) is 17.1 Å². The molecule has 1 N–H and O–H groups in total. The van der Waals surface area contributed by atoms with Gasteiger partial charge in [-0.15, -0.1) is 23.1 Å². The number of amides is 2. The van der Waals surface area contributed by atoms with E-state index in [0.717, 1.165) is 5.57 Å². The van der Waals surface area contributed by atoms with E-state index in [1.54, 1.807) is 6.07 Å². The smallest absolute Gasteiger partial charge is 0.352 e. The molecule has 0 bridgehead atoms. The molecule has 1 aromatic heterocycles. The van der Waals surface area contributed by atoms with Gasteiger partial charge < -0.3 is 5.11 Å². The maximum Gasteiger partial charge on any atom is 0.352 e. The van der Waals surface area contributed by atoms with Crippen LogP contribution in [0, 0.1) is 0 Å². The zero-order chi connectivity index (χ0) is 16.7. The third-order valence-corrected chi connectivity index (χ3v) is 6.86. The van der Waals surface area contributed by atoms with Crippen LogP contribution in [0.3, 0.4) is 0 Å². The highest BCUT2D eigenvalue weighted by atomic mass is 127. The van der Waals surface area contributed by atoms with Gasteiger partial charge >= 0.3 is 5.97 Å². The Morgan fingerprint density at radius 1 is 1.52 bits per heavy atom. The van der Waals surface area contributed by atoms with Gasteiger partial charge in [-0.3, -0.25) is 19.4 Å². The fraction of sp³-hybridized carbons (Fsp3) is 0.357. The predicted molar refractivity (Wildman–Crippen MR) is 97.9 cm³/mol. The van der Waals surface area contributed by atoms with Crippen molar-refractivity contribution in [1.29, 1.82) is 0 Å². The lowest BCUT2D eigenvalue weighted by Crippen LogP contribution is -2.71. The van der Waals surface area contributed by atoms with Gasteiger partial charge in [0.05, 0.1) is 5.00 Å². The molecule has 0 spiro atoms. The van der Waals surface area contributed by atoms with E-state index in [9.17, 15) is 19.5 Å². The Kier molecular flexibility index (Phi) is 4.70. The maximum absolute atomic E-state index is 12.6. The van der Waals surface area contributed by atoms with E-state index in [1.165, 1.54) is 39.8 Å². The van der Waals surface area contributed by atoms with Crippen LogP contribution in [0.4, 0.5) is 5.00 Å². The molecular weight excluding hydrogens is 451 g/mol. The number of thioether (sulfide) groups is 1. The summed E-state index contributed by atoms with van der Waals surface area (Å²) in [6.45, 7) is 1.42. The van der Waals surface area contributed by atoms with Crippen molar-refractivity contribution < 1.29 is 19.5 Å². The summed E-state index contributed by atoms with van der Waals surface area (Å²) in [6, 6.07) is 2.97. The SMILES string of the molecule is CC(=O)N(c1cccs1)[C@H]1C(=O)N2C(C(=O)O)=C(CI)CSC12. The number of hydrogen-bond acceptors (Lipinski definition) is 5. The molecule has 3 rings (SSSR count). The molecular formula is C14H13IN2O4S2. The Bertz CT molecular complexity index is 704. The minimum absolute atomic E-state index is 0.0825. The zero-order valence-electron chi connectivity index (χ0n) is 12.1. The first kappa shape index (κ1) is 16.8. The van der Waals surface area contributed by atoms with Crippen LogP contribution in [0.25, 0.3) is 0 Å². The number of halogens is 1. The van der Waals surface area contributed by atoms with Crippen molar-refractivity contribution in [2.75, 3.05) is 15.1 Å². The van der Waals surface area contributed by atoms with Crippen molar-refractivity contribution in [2.24, 2.45) is 0 Å². The number of fused-ring (bicyclic) bond motifs is 1. The van der Waals surface area contributed by atoms with E-state index in [-0.39, 0.29) is 22.9 Å². The summed E-state index contributed by atoms with van der Waals surface area (Å²) >= 11 is 5.00. The quantitative estimate of drug-likeness (QED) is 0.420. The molecule has 0 saturated carbocycles. The van der Waals surface area contributed by atoms with Crippen molar-refractivity contribution in [2.45, 2.75) is 18.3 Å². The summed E-state index contributed by atoms with van der Waals surface area (Å²) in [5, 5.41) is 11.7. The molecule has 2 aliphatic rings. The lowest BCUT2D eigenvalue weighted by Gasteiger charge is -2.52. The van der Waals surface area contributed by atoms with Crippen molar-refractivity contribution in [1.82, 2.24) is 4.90 Å². The predicted octanol–water partition coefficient (Wildman–Crippen LogP) is 2.16. The Hall–Kier alpha value is -1.07. The number of anilines is 1. The molecule has 1 aromatic rings. The molecule has 9 heteroatoms. The van der Waals surface area contributed by atoms with Gasteiger partial charge in [0, 0.05) is 17.1 Å². The number of β-lactam (4-membered cyclic amide) rings is 1. The second-order valence-corrected chi connectivity index (χ2v) is 7.88. The third-order valence-electron chi connectivity index (χ3n) is 3.74. The van der Waals surface area contributed by atoms with Gasteiger partial charge in [0.15, 0.2) is 0 Å². The van der Waals surface area contributed by atoms with E-state index in [0.29, 0.717) is 15.2 Å². The van der Waals surface area contributed by atoms with E-state index in [4.69, 9.17) is 0 Å². The van der Waals surface area contributed by atoms with Crippen LogP contribution in [-0.4, -0.2) is 49.4 Å². The van der Waals surface area contributed by atoms with Gasteiger partial charge in [-0.05, 0) is 23.1 Å². The maximum atomic E-state index is 12.6. The minimum atomic E-state index is -1.08. The molecule has 2 amide bonds. The van der Waals surface area contributed by atoms with Crippen LogP contribution in [0.15, 0.2) is 28.8 Å². The first-order valence-corrected chi connectivity index (χ1v) is 10.2. The summed E-state index contributed by atoms with van der Waals surface area (Å²) in [4.78, 5) is 39.1. The lowest BCUT2D eigenvalue weighted by molar-refractivity contribution is -0.148. The number of hydrogen-bond donors (Lipinski definition) is 1. The van der Waals surface area contributed by atoms with Gasteiger partial charge in [0.2, 0.25) is 5.91 Å². The van der Waals surface area contributed by atoms with Crippen LogP contribution in [0.2, 0.25) is 0 Å². The van der Waals surface area contributed by atoms with Gasteiger partial charge in [-0.2, -0.15) is 0 Å². The van der Waals surface area contributed by atoms with Crippen LogP contribution in [-0.2, 0) is 14.4 Å². The standard InChI is InChI=1S/C14H13IN2O4S2/c1-7(18)16(9-3-2-4-22-9)11-12(19)17-10(14(20)21)8(5-15)6-23-13(11)17/h2-4,11,13H,5-6H2,1H3,(H,20,21)/t11-,13?/m0/s1. The topological polar surface area (TPSA) is 77.9 Å². The fourth-order valence-electron chi connectivity index (χ4n) is 2.77. The van der Waals surface area contributed by atoms with Crippen molar-refractivity contribution in [3.8, 4) is 0 Å². The number of aliphatic carboxylic acids is 1. The highest BCUT2D eigenvalue weighted by Gasteiger charge is 2.56. The second kappa shape index (κ2) is 6.44. The van der Waals surface area contributed by atoms with Gasteiger partial charge in [-0.1, -0.05) is 22.6 Å². The average molecular weight is 464 g/mol. The Morgan fingerprint density at radius 3 is 2.78 bits per heavy atom. The Labute approximate surface area is 154 Å². The van der Waals surface area contributed by atoms with E-state index < -0.39 is 12.0 Å². The van der Waals surface area contributed by atoms with E-state index in [1.807, 2.05) is 11.4 Å². The number of carbonyl (C=O) groups is 3. The summed E-state index contributed by atoms with van der Waals surface area (Å²) in [5.74, 6) is -1.07. The van der Waals surface area contributed by atoms with Gasteiger partial charge in [-0.25, -0.2) is 4.79 Å². The molecule has 1 saturated heterocycles. The Morgan fingerprint density at radius 2 is 2.26 bits per heavy atom. The highest BCUT2D eigenvalue weighted by molar-refractivity contribution is 14.1. The molecule has 23 heavy (non-hydrogen) atoms. The summed E-state index contributed by atoms with van der Waals surface area (Å²) in [6.07, 6.45) is 0. The van der Waals surface area contributed by atoms with Crippen molar-refractivity contribution in [3.63, 3.8) is 0 Å². The number of nitrogens with zero attached hydrogens (tertiary/aromatic N) is 2. The van der Waals surface area contributed by atoms with Crippen LogP contribution in [0.5, 0.6) is 0 Å². The van der Waals surface area contributed by atoms with Gasteiger partial charge in [0.25, 0.3) is 5.91 Å². The fourth-order valence-corrected chi connectivity index (χ4v) is 5.96. The Balaban J connectivity index is 1.95. The average Bonchev–Trinajstić information content (AvgIpc) is 3.03. The molecule has 0 radical (unpaired) electrons. The number of rotatable bonds is 4. The van der Waals surface area contributed by atoms with Crippen LogP contribution >= 0.6 is 45.7 Å². The molecule has 0 aromatic carbocycles. The monoisotopic (exact) mass is 464 g/mol. The molecule has 1 unspecified atom stereocenters. The normalized spacial score (nSPS) is 23.4. The first-order valence-electron chi connectivity index (χ1n) is 6.76. The highest BCUT2D eigenvalue weighted by Crippen LogP contribution is 2.44. The van der Waals surface area contributed by atoms with Crippen molar-refractivity contribution >= 4 is 68.5 Å². The second-order valence-electron chi connectivity index (χ2n) is 5.09. The largest absolute Gasteiger partial charge is 0.477 e. The lowest BCUT2D eigenvalue weighted by atomic mass is 10.0. The number of carbonyl (C=O) groups excluding carboxylic acids is 2. The molecule has 6 nitrogen and oxygen atoms in total. The number of thiophene rings is 1. The minimum Gasteiger partial charge on any atom is -0.477 e. The molecule has 1 fully saturated rings. The number of carboxylic acid groups (broad SMARTS) is 1. The summed E-state index contributed by atoms with van der Waals surface area (Å²) in [5.41, 5.74) is 0.829. The molecule has 2 aliphatic heterocycles. The summed E-state index contributed by atoms with van der Waals surface area (Å²) in [7, 11) is 0. The van der Waals surface area contributed by atoms with E-state index in [2.05, 4.69) is 22.6 Å². The van der Waals surface area contributed by atoms with Crippen LogP contribution < -0.4 is 4.90 Å². The molecule has 122 valence electrons. The third kappa shape index (κ3) is 2.68. The summed E-state index contributed by atoms with van der Waals surface area (Å²) < 4.78 is 0.564. The van der Waals surface area contributed by atoms with Crippen molar-refractivity contribution in [3.05, 3.63) is 28.8 Å². The van der Waals surface area contributed by atoms with Crippen LogP contribution in [0.1, 0.15) is 6.92 Å². The number of alkyl halides is 1. The van der Waals surface area contributed by atoms with E-state index >= 15 is 0 Å².